The van der Waals surface area contributed by atoms with E-state index < -0.39 is 35.4 Å². The maximum absolute atomic E-state index is 12.7. The van der Waals surface area contributed by atoms with Gasteiger partial charge in [-0.15, -0.1) is 0 Å². The second-order valence-electron chi connectivity index (χ2n) is 6.26. The molecule has 0 fully saturated rings. The monoisotopic (exact) mass is 410 g/mol. The number of methoxy groups -OCH3 is 1. The highest BCUT2D eigenvalue weighted by atomic mass is 16.5. The number of aromatic hydroxyl groups is 4. The summed E-state index contributed by atoms with van der Waals surface area (Å²) in [5.74, 6) is -3.99. The fourth-order valence-corrected chi connectivity index (χ4v) is 2.79. The van der Waals surface area contributed by atoms with Crippen molar-refractivity contribution in [3.63, 3.8) is 0 Å². The molecule has 0 amide bonds. The predicted molar refractivity (Wildman–Crippen MR) is 106 cm³/mol. The van der Waals surface area contributed by atoms with Gasteiger partial charge in [0.25, 0.3) is 0 Å². The Bertz CT molecular complexity index is 1080. The van der Waals surface area contributed by atoms with Gasteiger partial charge >= 0.3 is 0 Å². The molecular formula is C22H18O8. The molecule has 0 unspecified atom stereocenters. The minimum absolute atomic E-state index is 0.0263. The van der Waals surface area contributed by atoms with Crippen LogP contribution in [0.1, 0.15) is 26.3 Å². The Morgan fingerprint density at radius 3 is 2.07 bits per heavy atom. The summed E-state index contributed by atoms with van der Waals surface area (Å²) < 4.78 is 10.1. The highest BCUT2D eigenvalue weighted by molar-refractivity contribution is 6.11. The van der Waals surface area contributed by atoms with Crippen LogP contribution in [0.15, 0.2) is 54.6 Å². The fraction of sp³-hybridized carbons (Fsp3) is 0.0909. The lowest BCUT2D eigenvalue weighted by Crippen LogP contribution is -2.12. The van der Waals surface area contributed by atoms with E-state index in [1.54, 1.807) is 30.3 Å². The lowest BCUT2D eigenvalue weighted by Gasteiger charge is -2.12. The van der Waals surface area contributed by atoms with Gasteiger partial charge in [-0.05, 0) is 24.3 Å². The van der Waals surface area contributed by atoms with E-state index in [0.717, 1.165) is 12.1 Å². The summed E-state index contributed by atoms with van der Waals surface area (Å²) in [6, 6.07) is 12.9. The third-order valence-corrected chi connectivity index (χ3v) is 4.33. The zero-order chi connectivity index (χ0) is 21.8. The first-order valence-electron chi connectivity index (χ1n) is 8.74. The van der Waals surface area contributed by atoms with E-state index in [1.165, 1.54) is 19.2 Å². The van der Waals surface area contributed by atoms with E-state index in [2.05, 4.69) is 0 Å². The molecule has 4 N–H and O–H groups in total. The van der Waals surface area contributed by atoms with Crippen molar-refractivity contribution in [2.75, 3.05) is 13.7 Å². The van der Waals surface area contributed by atoms with Gasteiger partial charge in [-0.2, -0.15) is 0 Å². The molecule has 154 valence electrons. The molecule has 0 spiro atoms. The topological polar surface area (TPSA) is 134 Å². The van der Waals surface area contributed by atoms with Gasteiger partial charge in [-0.1, -0.05) is 30.3 Å². The number of carbonyl (C=O) groups excluding carboxylic acids is 2. The molecule has 30 heavy (non-hydrogen) atoms. The van der Waals surface area contributed by atoms with Gasteiger partial charge in [0.05, 0.1) is 12.7 Å². The Balaban J connectivity index is 1.83. The van der Waals surface area contributed by atoms with E-state index in [4.69, 9.17) is 9.47 Å². The number of carbonyl (C=O) groups is 2. The Labute approximate surface area is 171 Å². The fourth-order valence-electron chi connectivity index (χ4n) is 2.79. The van der Waals surface area contributed by atoms with Crippen molar-refractivity contribution in [1.29, 1.82) is 0 Å². The standard InChI is InChI=1S/C22H18O8/c1-29-18-8-7-14(20(27)21(18)28)19(26)13-9-15(23)22(16(24)10-13)30-11-17(25)12-5-3-2-4-6-12/h2-10,23-24,27-28H,11H2,1H3. The highest BCUT2D eigenvalue weighted by Gasteiger charge is 2.22. The van der Waals surface area contributed by atoms with Gasteiger partial charge in [0.1, 0.15) is 0 Å². The van der Waals surface area contributed by atoms with Crippen LogP contribution in [0.5, 0.6) is 34.5 Å². The SMILES string of the molecule is COc1ccc(C(=O)c2cc(O)c(OCC(=O)c3ccccc3)c(O)c2)c(O)c1O. The number of phenolic OH excluding ortho intramolecular Hbond substituents is 4. The largest absolute Gasteiger partial charge is 0.504 e. The lowest BCUT2D eigenvalue weighted by molar-refractivity contribution is 0.0916. The van der Waals surface area contributed by atoms with Crippen LogP contribution in [0.25, 0.3) is 0 Å². The minimum atomic E-state index is -0.775. The van der Waals surface area contributed by atoms with Crippen molar-refractivity contribution < 1.29 is 39.5 Å². The first-order chi connectivity index (χ1) is 14.3. The molecule has 8 nitrogen and oxygen atoms in total. The number of phenols is 4. The van der Waals surface area contributed by atoms with Gasteiger partial charge in [0, 0.05) is 11.1 Å². The third-order valence-electron chi connectivity index (χ3n) is 4.33. The normalized spacial score (nSPS) is 10.4. The van der Waals surface area contributed by atoms with E-state index in [-0.39, 0.29) is 28.4 Å². The number of ether oxygens (including phenoxy) is 2. The Hall–Kier alpha value is -4.20. The quantitative estimate of drug-likeness (QED) is 0.345. The summed E-state index contributed by atoms with van der Waals surface area (Å²) >= 11 is 0. The van der Waals surface area contributed by atoms with Crippen molar-refractivity contribution in [2.24, 2.45) is 0 Å². The Kier molecular flexibility index (Phi) is 5.78. The minimum Gasteiger partial charge on any atom is -0.504 e. The van der Waals surface area contributed by atoms with Crippen molar-refractivity contribution in [3.8, 4) is 34.5 Å². The van der Waals surface area contributed by atoms with Crippen molar-refractivity contribution in [1.82, 2.24) is 0 Å². The molecule has 8 heteroatoms. The molecule has 0 atom stereocenters. The first-order valence-corrected chi connectivity index (χ1v) is 8.74. The zero-order valence-electron chi connectivity index (χ0n) is 15.8. The molecule has 3 aromatic rings. The summed E-state index contributed by atoms with van der Waals surface area (Å²) in [5, 5.41) is 40.3. The number of Topliss-reactive ketones (excluding diaryl/α,β-unsaturated/α-hetero) is 1. The maximum atomic E-state index is 12.7. The smallest absolute Gasteiger partial charge is 0.203 e. The van der Waals surface area contributed by atoms with Crippen molar-refractivity contribution >= 4 is 11.6 Å². The molecule has 0 heterocycles. The molecule has 3 aromatic carbocycles. The van der Waals surface area contributed by atoms with Crippen LogP contribution in [0.4, 0.5) is 0 Å². The molecule has 0 aliphatic carbocycles. The number of ketones is 2. The molecule has 3 rings (SSSR count). The predicted octanol–water partition coefficient (Wildman–Crippen LogP) is 3.01. The Morgan fingerprint density at radius 1 is 0.833 bits per heavy atom. The number of hydrogen-bond donors (Lipinski definition) is 4. The molecule has 0 saturated carbocycles. The molecule has 0 saturated heterocycles. The van der Waals surface area contributed by atoms with Crippen molar-refractivity contribution in [3.05, 3.63) is 71.3 Å². The number of benzene rings is 3. The van der Waals surface area contributed by atoms with Crippen LogP contribution in [-0.4, -0.2) is 45.7 Å². The highest BCUT2D eigenvalue weighted by Crippen LogP contribution is 2.41. The number of hydrogen-bond acceptors (Lipinski definition) is 8. The van der Waals surface area contributed by atoms with E-state index in [0.29, 0.717) is 5.56 Å². The first kappa shape index (κ1) is 20.5. The second kappa shape index (κ2) is 8.44. The summed E-state index contributed by atoms with van der Waals surface area (Å²) in [5.41, 5.74) is -0.0373. The summed E-state index contributed by atoms with van der Waals surface area (Å²) in [4.78, 5) is 24.8. The molecule has 0 aromatic heterocycles. The van der Waals surface area contributed by atoms with E-state index >= 15 is 0 Å². The van der Waals surface area contributed by atoms with E-state index in [1.807, 2.05) is 0 Å². The zero-order valence-corrected chi connectivity index (χ0v) is 15.8. The molecule has 0 bridgehead atoms. The number of rotatable bonds is 7. The van der Waals surface area contributed by atoms with E-state index in [9.17, 15) is 30.0 Å². The van der Waals surface area contributed by atoms with Gasteiger partial charge in [-0.3, -0.25) is 9.59 Å². The van der Waals surface area contributed by atoms with Crippen LogP contribution in [0.3, 0.4) is 0 Å². The maximum Gasteiger partial charge on any atom is 0.203 e. The van der Waals surface area contributed by atoms with Crippen LogP contribution >= 0.6 is 0 Å². The average molecular weight is 410 g/mol. The summed E-state index contributed by atoms with van der Waals surface area (Å²) in [6.07, 6.45) is 0. The van der Waals surface area contributed by atoms with Crippen LogP contribution in [0, 0.1) is 0 Å². The second-order valence-corrected chi connectivity index (χ2v) is 6.26. The summed E-state index contributed by atoms with van der Waals surface area (Å²) in [6.45, 7) is -0.439. The van der Waals surface area contributed by atoms with Crippen LogP contribution in [-0.2, 0) is 0 Å². The molecule has 0 radical (unpaired) electrons. The molecule has 0 aliphatic rings. The van der Waals surface area contributed by atoms with Gasteiger partial charge in [-0.25, -0.2) is 0 Å². The van der Waals surface area contributed by atoms with Crippen LogP contribution in [0.2, 0.25) is 0 Å². The Morgan fingerprint density at radius 2 is 1.47 bits per heavy atom. The van der Waals surface area contributed by atoms with Gasteiger partial charge in [0.15, 0.2) is 41.2 Å². The molecule has 0 aliphatic heterocycles. The van der Waals surface area contributed by atoms with Crippen LogP contribution < -0.4 is 9.47 Å². The van der Waals surface area contributed by atoms with Crippen molar-refractivity contribution in [2.45, 2.75) is 0 Å². The molecular weight excluding hydrogens is 392 g/mol. The lowest BCUT2D eigenvalue weighted by atomic mass is 10.0. The third kappa shape index (κ3) is 3.97. The average Bonchev–Trinajstić information content (AvgIpc) is 2.75. The van der Waals surface area contributed by atoms with Gasteiger partial charge in [0.2, 0.25) is 11.5 Å². The summed E-state index contributed by atoms with van der Waals surface area (Å²) in [7, 11) is 1.29. The van der Waals surface area contributed by atoms with Gasteiger partial charge < -0.3 is 29.9 Å².